The predicted octanol–water partition coefficient (Wildman–Crippen LogP) is 3.26. The number of hydrogen-bond donors (Lipinski definition) is 1. The Morgan fingerprint density at radius 1 is 0.947 bits per heavy atom. The first-order valence-electron chi connectivity index (χ1n) is 6.65. The summed E-state index contributed by atoms with van der Waals surface area (Å²) in [6.45, 7) is 8.26. The second-order valence-corrected chi connectivity index (χ2v) is 5.33. The highest BCUT2D eigenvalue weighted by atomic mass is 15.1. The van der Waals surface area contributed by atoms with Crippen LogP contribution in [0.4, 0.5) is 0 Å². The summed E-state index contributed by atoms with van der Waals surface area (Å²) in [5.41, 5.74) is 11.6. The molecular formula is C16H21N3. The summed E-state index contributed by atoms with van der Waals surface area (Å²) in [5.74, 6) is 0.539. The molecule has 2 N–H and O–H groups in total. The van der Waals surface area contributed by atoms with Crippen LogP contribution in [0.1, 0.15) is 53.9 Å². The zero-order chi connectivity index (χ0) is 14.0. The van der Waals surface area contributed by atoms with Crippen LogP contribution in [0.25, 0.3) is 0 Å². The number of benzene rings is 1. The monoisotopic (exact) mass is 255 g/mol. The van der Waals surface area contributed by atoms with E-state index in [9.17, 15) is 0 Å². The van der Waals surface area contributed by atoms with Crippen LogP contribution in [0.2, 0.25) is 0 Å². The van der Waals surface area contributed by atoms with Gasteiger partial charge in [-0.25, -0.2) is 0 Å². The fourth-order valence-electron chi connectivity index (χ4n) is 2.15. The Morgan fingerprint density at radius 2 is 1.53 bits per heavy atom. The van der Waals surface area contributed by atoms with Crippen LogP contribution in [0, 0.1) is 13.8 Å². The number of aryl methyl sites for hydroxylation is 2. The normalized spacial score (nSPS) is 12.7. The van der Waals surface area contributed by atoms with Crippen molar-refractivity contribution in [1.29, 1.82) is 0 Å². The van der Waals surface area contributed by atoms with E-state index in [-0.39, 0.29) is 6.04 Å². The summed E-state index contributed by atoms with van der Waals surface area (Å²) in [7, 11) is 0. The standard InChI is InChI=1S/C16H21N3/c1-10(2)13-5-7-14(8-6-13)16(17)15-9-11(3)18-19-12(15)4/h5-10,16H,17H2,1-4H3. The van der Waals surface area contributed by atoms with Crippen LogP contribution in [0.5, 0.6) is 0 Å². The predicted molar refractivity (Wildman–Crippen MR) is 78.1 cm³/mol. The van der Waals surface area contributed by atoms with Crippen LogP contribution in [-0.2, 0) is 0 Å². The minimum Gasteiger partial charge on any atom is -0.320 e. The van der Waals surface area contributed by atoms with Crippen molar-refractivity contribution in [2.24, 2.45) is 5.73 Å². The molecule has 0 aliphatic rings. The van der Waals surface area contributed by atoms with E-state index in [1.54, 1.807) is 0 Å². The molecule has 0 saturated carbocycles. The number of nitrogens with zero attached hydrogens (tertiary/aromatic N) is 2. The second kappa shape index (κ2) is 5.49. The summed E-state index contributed by atoms with van der Waals surface area (Å²) >= 11 is 0. The first-order valence-corrected chi connectivity index (χ1v) is 6.65. The number of hydrogen-bond acceptors (Lipinski definition) is 3. The van der Waals surface area contributed by atoms with E-state index in [4.69, 9.17) is 5.73 Å². The van der Waals surface area contributed by atoms with E-state index in [0.717, 1.165) is 22.5 Å². The zero-order valence-corrected chi connectivity index (χ0v) is 12.0. The van der Waals surface area contributed by atoms with E-state index in [1.807, 2.05) is 19.9 Å². The van der Waals surface area contributed by atoms with E-state index in [1.165, 1.54) is 5.56 Å². The molecular weight excluding hydrogens is 234 g/mol. The first kappa shape index (κ1) is 13.7. The van der Waals surface area contributed by atoms with Gasteiger partial charge in [-0.15, -0.1) is 0 Å². The molecule has 2 aromatic rings. The lowest BCUT2D eigenvalue weighted by molar-refractivity contribution is 0.809. The smallest absolute Gasteiger partial charge is 0.0651 e. The lowest BCUT2D eigenvalue weighted by Gasteiger charge is -2.15. The minimum absolute atomic E-state index is 0.143. The maximum Gasteiger partial charge on any atom is 0.0651 e. The summed E-state index contributed by atoms with van der Waals surface area (Å²) < 4.78 is 0. The third-order valence-electron chi connectivity index (χ3n) is 3.44. The summed E-state index contributed by atoms with van der Waals surface area (Å²) in [5, 5.41) is 8.19. The molecule has 0 saturated heterocycles. The molecule has 0 radical (unpaired) electrons. The lowest BCUT2D eigenvalue weighted by Crippen LogP contribution is -2.15. The molecule has 100 valence electrons. The highest BCUT2D eigenvalue weighted by molar-refractivity contribution is 5.35. The average Bonchev–Trinajstić information content (AvgIpc) is 2.41. The van der Waals surface area contributed by atoms with E-state index < -0.39 is 0 Å². The molecule has 0 spiro atoms. The molecule has 3 heteroatoms. The third-order valence-corrected chi connectivity index (χ3v) is 3.44. The maximum atomic E-state index is 6.34. The fraction of sp³-hybridized carbons (Fsp3) is 0.375. The van der Waals surface area contributed by atoms with Crippen LogP contribution in [0.3, 0.4) is 0 Å². The Bertz CT molecular complexity index is 559. The van der Waals surface area contributed by atoms with Crippen molar-refractivity contribution in [3.8, 4) is 0 Å². The van der Waals surface area contributed by atoms with Crippen LogP contribution < -0.4 is 5.73 Å². The van der Waals surface area contributed by atoms with Gasteiger partial charge in [-0.1, -0.05) is 38.1 Å². The fourth-order valence-corrected chi connectivity index (χ4v) is 2.15. The molecule has 0 aliphatic carbocycles. The Labute approximate surface area is 114 Å². The molecule has 0 aliphatic heterocycles. The number of aromatic nitrogens is 2. The van der Waals surface area contributed by atoms with Gasteiger partial charge in [0.25, 0.3) is 0 Å². The quantitative estimate of drug-likeness (QED) is 0.915. The van der Waals surface area contributed by atoms with E-state index in [0.29, 0.717) is 5.92 Å². The van der Waals surface area contributed by atoms with Gasteiger partial charge >= 0.3 is 0 Å². The zero-order valence-electron chi connectivity index (χ0n) is 12.0. The van der Waals surface area contributed by atoms with Crippen molar-refractivity contribution in [2.45, 2.75) is 39.7 Å². The molecule has 0 amide bonds. The summed E-state index contributed by atoms with van der Waals surface area (Å²) in [6.07, 6.45) is 0. The molecule has 0 fully saturated rings. The van der Waals surface area contributed by atoms with Gasteiger partial charge in [0.15, 0.2) is 0 Å². The van der Waals surface area contributed by atoms with Crippen molar-refractivity contribution in [3.63, 3.8) is 0 Å². The van der Waals surface area contributed by atoms with Gasteiger partial charge in [0.1, 0.15) is 0 Å². The van der Waals surface area contributed by atoms with Crippen molar-refractivity contribution in [2.75, 3.05) is 0 Å². The summed E-state index contributed by atoms with van der Waals surface area (Å²) in [6, 6.07) is 10.4. The molecule has 19 heavy (non-hydrogen) atoms. The van der Waals surface area contributed by atoms with Gasteiger partial charge < -0.3 is 5.73 Å². The molecule has 2 rings (SSSR count). The van der Waals surface area contributed by atoms with E-state index in [2.05, 4.69) is 48.3 Å². The Morgan fingerprint density at radius 3 is 2.11 bits per heavy atom. The highest BCUT2D eigenvalue weighted by Crippen LogP contribution is 2.23. The van der Waals surface area contributed by atoms with Gasteiger partial charge in [-0.2, -0.15) is 10.2 Å². The van der Waals surface area contributed by atoms with Crippen LogP contribution in [-0.4, -0.2) is 10.2 Å². The second-order valence-electron chi connectivity index (χ2n) is 5.33. The molecule has 1 aromatic carbocycles. The van der Waals surface area contributed by atoms with Crippen molar-refractivity contribution >= 4 is 0 Å². The van der Waals surface area contributed by atoms with Gasteiger partial charge in [-0.05, 0) is 42.5 Å². The molecule has 1 heterocycles. The van der Waals surface area contributed by atoms with Gasteiger partial charge in [0.2, 0.25) is 0 Å². The summed E-state index contributed by atoms with van der Waals surface area (Å²) in [4.78, 5) is 0. The SMILES string of the molecule is Cc1cc(C(N)c2ccc(C(C)C)cc2)c(C)nn1. The average molecular weight is 255 g/mol. The minimum atomic E-state index is -0.143. The lowest BCUT2D eigenvalue weighted by atomic mass is 9.95. The maximum absolute atomic E-state index is 6.34. The molecule has 1 aromatic heterocycles. The number of nitrogens with two attached hydrogens (primary N) is 1. The largest absolute Gasteiger partial charge is 0.320 e. The molecule has 3 nitrogen and oxygen atoms in total. The number of rotatable bonds is 3. The van der Waals surface area contributed by atoms with Crippen LogP contribution >= 0.6 is 0 Å². The molecule has 1 atom stereocenters. The third kappa shape index (κ3) is 2.99. The van der Waals surface area contributed by atoms with E-state index >= 15 is 0 Å². The van der Waals surface area contributed by atoms with Gasteiger partial charge in [0.05, 0.1) is 17.4 Å². The Balaban J connectivity index is 2.33. The van der Waals surface area contributed by atoms with Crippen molar-refractivity contribution in [3.05, 3.63) is 58.4 Å². The van der Waals surface area contributed by atoms with Crippen molar-refractivity contribution < 1.29 is 0 Å². The van der Waals surface area contributed by atoms with Crippen LogP contribution in [0.15, 0.2) is 30.3 Å². The Kier molecular flexibility index (Phi) is 3.96. The molecule has 1 unspecified atom stereocenters. The van der Waals surface area contributed by atoms with Crippen molar-refractivity contribution in [1.82, 2.24) is 10.2 Å². The van der Waals surface area contributed by atoms with Gasteiger partial charge in [-0.3, -0.25) is 0 Å². The topological polar surface area (TPSA) is 51.8 Å². The first-order chi connectivity index (χ1) is 8.99. The Hall–Kier alpha value is -1.74. The van der Waals surface area contributed by atoms with Gasteiger partial charge in [0, 0.05) is 0 Å². The highest BCUT2D eigenvalue weighted by Gasteiger charge is 2.13. The molecule has 0 bridgehead atoms.